The molecule has 0 aliphatic heterocycles. The van der Waals surface area contributed by atoms with E-state index in [0.29, 0.717) is 18.5 Å². The van der Waals surface area contributed by atoms with Gasteiger partial charge in [0.05, 0.1) is 18.8 Å². The van der Waals surface area contributed by atoms with Gasteiger partial charge in [0.2, 0.25) is 0 Å². The molecule has 1 unspecified atom stereocenters. The van der Waals surface area contributed by atoms with E-state index in [9.17, 15) is 0 Å². The summed E-state index contributed by atoms with van der Waals surface area (Å²) >= 11 is 0. The number of nitrogens with two attached hydrogens (primary N) is 1. The van der Waals surface area contributed by atoms with Crippen molar-refractivity contribution in [2.24, 2.45) is 10.7 Å². The quantitative estimate of drug-likeness (QED) is 0.600. The van der Waals surface area contributed by atoms with Gasteiger partial charge in [-0.1, -0.05) is 33.1 Å². The molecule has 1 aliphatic rings. The molecule has 1 fully saturated rings. The number of hydrogen-bond acceptors (Lipinski definition) is 3. The summed E-state index contributed by atoms with van der Waals surface area (Å²) in [6, 6.07) is 4.59. The standard InChI is InChI=1S/C17H30N4O/c1-3-21(4-2)15(16-11-8-12-22-16)13-19-17(18)20-14-9-6-5-7-10-14/h8,11-12,14-15H,3-7,9-10,13H2,1-2H3,(H3,18,19,20). The minimum atomic E-state index is 0.150. The molecule has 1 aromatic heterocycles. The molecule has 5 nitrogen and oxygen atoms in total. The van der Waals surface area contributed by atoms with Crippen LogP contribution in [0, 0.1) is 0 Å². The van der Waals surface area contributed by atoms with Crippen LogP contribution in [-0.2, 0) is 0 Å². The van der Waals surface area contributed by atoms with Gasteiger partial charge in [0.15, 0.2) is 5.96 Å². The van der Waals surface area contributed by atoms with E-state index in [0.717, 1.165) is 18.8 Å². The Hall–Kier alpha value is -1.49. The fraction of sp³-hybridized carbons (Fsp3) is 0.706. The predicted octanol–water partition coefficient (Wildman–Crippen LogP) is 2.90. The Kier molecular flexibility index (Phi) is 6.77. The molecule has 0 amide bonds. The summed E-state index contributed by atoms with van der Waals surface area (Å²) in [5.41, 5.74) is 6.08. The fourth-order valence-electron chi connectivity index (χ4n) is 3.22. The number of likely N-dealkylation sites (N-methyl/N-ethyl adjacent to an activating group) is 1. The number of furan rings is 1. The van der Waals surface area contributed by atoms with Crippen LogP contribution in [0.4, 0.5) is 0 Å². The molecule has 22 heavy (non-hydrogen) atoms. The molecule has 0 bridgehead atoms. The number of guanidine groups is 1. The van der Waals surface area contributed by atoms with E-state index in [2.05, 4.69) is 29.1 Å². The lowest BCUT2D eigenvalue weighted by Gasteiger charge is -2.27. The summed E-state index contributed by atoms with van der Waals surface area (Å²) in [5, 5.41) is 3.37. The van der Waals surface area contributed by atoms with Gasteiger partial charge in [0.25, 0.3) is 0 Å². The van der Waals surface area contributed by atoms with Crippen molar-refractivity contribution in [2.45, 2.75) is 58.0 Å². The van der Waals surface area contributed by atoms with Crippen molar-refractivity contribution in [1.29, 1.82) is 0 Å². The van der Waals surface area contributed by atoms with Crippen molar-refractivity contribution in [1.82, 2.24) is 10.2 Å². The highest BCUT2D eigenvalue weighted by Crippen LogP contribution is 2.21. The third-order valence-electron chi connectivity index (χ3n) is 4.52. The smallest absolute Gasteiger partial charge is 0.188 e. The normalized spacial score (nSPS) is 18.6. The molecule has 3 N–H and O–H groups in total. The average Bonchev–Trinajstić information content (AvgIpc) is 3.06. The number of hydrogen-bond donors (Lipinski definition) is 2. The first kappa shape index (κ1) is 16.9. The lowest BCUT2D eigenvalue weighted by atomic mass is 9.96. The Morgan fingerprint density at radius 2 is 2.09 bits per heavy atom. The summed E-state index contributed by atoms with van der Waals surface area (Å²) < 4.78 is 5.59. The van der Waals surface area contributed by atoms with Crippen LogP contribution in [0.5, 0.6) is 0 Å². The number of aliphatic imine (C=N–C) groups is 1. The Morgan fingerprint density at radius 3 is 2.68 bits per heavy atom. The van der Waals surface area contributed by atoms with E-state index >= 15 is 0 Å². The maximum absolute atomic E-state index is 6.08. The molecule has 1 aliphatic carbocycles. The first-order valence-electron chi connectivity index (χ1n) is 8.58. The highest BCUT2D eigenvalue weighted by Gasteiger charge is 2.20. The topological polar surface area (TPSA) is 66.8 Å². The third kappa shape index (κ3) is 4.77. The molecular formula is C17H30N4O. The highest BCUT2D eigenvalue weighted by atomic mass is 16.3. The minimum Gasteiger partial charge on any atom is -0.468 e. The monoisotopic (exact) mass is 306 g/mol. The second kappa shape index (κ2) is 8.83. The maximum atomic E-state index is 6.08. The molecule has 124 valence electrons. The second-order valence-corrected chi connectivity index (χ2v) is 5.96. The van der Waals surface area contributed by atoms with Crippen LogP contribution in [0.25, 0.3) is 0 Å². The van der Waals surface area contributed by atoms with Crippen LogP contribution < -0.4 is 11.1 Å². The summed E-state index contributed by atoms with van der Waals surface area (Å²) in [6.07, 6.45) is 8.05. The first-order valence-corrected chi connectivity index (χ1v) is 8.58. The zero-order valence-electron chi connectivity index (χ0n) is 13.9. The van der Waals surface area contributed by atoms with Gasteiger partial charge in [-0.05, 0) is 38.1 Å². The Morgan fingerprint density at radius 1 is 1.36 bits per heavy atom. The van der Waals surface area contributed by atoms with E-state index in [1.165, 1.54) is 32.1 Å². The minimum absolute atomic E-state index is 0.150. The Balaban J connectivity index is 1.95. The summed E-state index contributed by atoms with van der Waals surface area (Å²) in [6.45, 7) is 6.88. The van der Waals surface area contributed by atoms with E-state index < -0.39 is 0 Å². The van der Waals surface area contributed by atoms with Gasteiger partial charge in [0.1, 0.15) is 5.76 Å². The molecule has 1 atom stereocenters. The molecular weight excluding hydrogens is 276 g/mol. The maximum Gasteiger partial charge on any atom is 0.188 e. The van der Waals surface area contributed by atoms with E-state index in [4.69, 9.17) is 10.2 Å². The highest BCUT2D eigenvalue weighted by molar-refractivity contribution is 5.78. The van der Waals surface area contributed by atoms with E-state index in [1.54, 1.807) is 6.26 Å². The molecule has 5 heteroatoms. The zero-order chi connectivity index (χ0) is 15.8. The first-order chi connectivity index (χ1) is 10.7. The zero-order valence-corrected chi connectivity index (χ0v) is 13.9. The predicted molar refractivity (Wildman–Crippen MR) is 90.9 cm³/mol. The van der Waals surface area contributed by atoms with Crippen molar-refractivity contribution >= 4 is 5.96 Å². The van der Waals surface area contributed by atoms with Crippen LogP contribution in [-0.4, -0.2) is 36.5 Å². The van der Waals surface area contributed by atoms with Crippen molar-refractivity contribution in [3.05, 3.63) is 24.2 Å². The van der Waals surface area contributed by atoms with Gasteiger partial charge < -0.3 is 15.5 Å². The summed E-state index contributed by atoms with van der Waals surface area (Å²) in [5.74, 6) is 1.52. The van der Waals surface area contributed by atoms with Gasteiger partial charge in [0, 0.05) is 6.04 Å². The van der Waals surface area contributed by atoms with Gasteiger partial charge in [-0.15, -0.1) is 0 Å². The number of nitrogens with zero attached hydrogens (tertiary/aromatic N) is 2. The van der Waals surface area contributed by atoms with E-state index in [1.807, 2.05) is 12.1 Å². The molecule has 1 saturated carbocycles. The second-order valence-electron chi connectivity index (χ2n) is 5.96. The van der Waals surface area contributed by atoms with Gasteiger partial charge in [-0.3, -0.25) is 9.89 Å². The van der Waals surface area contributed by atoms with Crippen molar-refractivity contribution in [2.75, 3.05) is 19.6 Å². The van der Waals surface area contributed by atoms with Gasteiger partial charge >= 0.3 is 0 Å². The molecule has 1 aromatic rings. The van der Waals surface area contributed by atoms with Crippen LogP contribution in [0.1, 0.15) is 57.8 Å². The van der Waals surface area contributed by atoms with Gasteiger partial charge in [-0.25, -0.2) is 0 Å². The summed E-state index contributed by atoms with van der Waals surface area (Å²) in [7, 11) is 0. The molecule has 2 rings (SSSR count). The largest absolute Gasteiger partial charge is 0.468 e. The lowest BCUT2D eigenvalue weighted by molar-refractivity contribution is 0.198. The van der Waals surface area contributed by atoms with Crippen LogP contribution in [0.15, 0.2) is 27.8 Å². The van der Waals surface area contributed by atoms with Crippen LogP contribution >= 0.6 is 0 Å². The van der Waals surface area contributed by atoms with E-state index in [-0.39, 0.29) is 6.04 Å². The third-order valence-corrected chi connectivity index (χ3v) is 4.52. The molecule has 0 radical (unpaired) electrons. The average molecular weight is 306 g/mol. The Bertz CT molecular complexity index is 434. The van der Waals surface area contributed by atoms with Crippen LogP contribution in [0.2, 0.25) is 0 Å². The molecule has 0 aromatic carbocycles. The molecule has 0 saturated heterocycles. The number of nitrogens with one attached hydrogen (secondary N) is 1. The fourth-order valence-corrected chi connectivity index (χ4v) is 3.22. The van der Waals surface area contributed by atoms with Crippen molar-refractivity contribution in [3.8, 4) is 0 Å². The van der Waals surface area contributed by atoms with Crippen molar-refractivity contribution in [3.63, 3.8) is 0 Å². The number of rotatable bonds is 7. The lowest BCUT2D eigenvalue weighted by Crippen LogP contribution is -2.41. The Labute approximate surface area is 134 Å². The SMILES string of the molecule is CCN(CC)C(CN=C(N)NC1CCCCC1)c1ccco1. The van der Waals surface area contributed by atoms with Gasteiger partial charge in [-0.2, -0.15) is 0 Å². The summed E-state index contributed by atoms with van der Waals surface area (Å²) in [4.78, 5) is 6.92. The van der Waals surface area contributed by atoms with Crippen LogP contribution in [0.3, 0.4) is 0 Å². The molecule has 0 spiro atoms. The molecule has 1 heterocycles. The van der Waals surface area contributed by atoms with Crippen molar-refractivity contribution < 1.29 is 4.42 Å².